The summed E-state index contributed by atoms with van der Waals surface area (Å²) in [4.78, 5) is 9.17. The third kappa shape index (κ3) is 4.42. The van der Waals surface area contributed by atoms with E-state index in [1.54, 1.807) is 20.4 Å². The summed E-state index contributed by atoms with van der Waals surface area (Å²) in [5.41, 5.74) is 5.28. The van der Waals surface area contributed by atoms with E-state index in [1.165, 1.54) is 5.56 Å². The minimum Gasteiger partial charge on any atom is -0.493 e. The van der Waals surface area contributed by atoms with E-state index in [4.69, 9.17) is 19.6 Å². The molecule has 0 bridgehead atoms. The molecule has 2 aromatic carbocycles. The Morgan fingerprint density at radius 3 is 2.38 bits per heavy atom. The smallest absolute Gasteiger partial charge is 0.161 e. The van der Waals surface area contributed by atoms with Crippen molar-refractivity contribution in [3.63, 3.8) is 0 Å². The van der Waals surface area contributed by atoms with Crippen LogP contribution >= 0.6 is 0 Å². The van der Waals surface area contributed by atoms with Crippen LogP contribution in [0.2, 0.25) is 0 Å². The summed E-state index contributed by atoms with van der Waals surface area (Å²) in [7, 11) is 3.25. The number of nitrogens with zero attached hydrogens (tertiary/aromatic N) is 4. The van der Waals surface area contributed by atoms with Gasteiger partial charge in [-0.2, -0.15) is 5.10 Å². The van der Waals surface area contributed by atoms with Crippen LogP contribution in [0.15, 0.2) is 54.7 Å². The van der Waals surface area contributed by atoms with Gasteiger partial charge in [-0.05, 0) is 56.7 Å². The Morgan fingerprint density at radius 2 is 1.66 bits per heavy atom. The van der Waals surface area contributed by atoms with E-state index in [0.29, 0.717) is 29.6 Å². The number of hydrogen-bond donors (Lipinski definition) is 1. The van der Waals surface area contributed by atoms with Gasteiger partial charge >= 0.3 is 0 Å². The zero-order valence-corrected chi connectivity index (χ0v) is 19.0. The first-order valence-electron chi connectivity index (χ1n) is 10.4. The van der Waals surface area contributed by atoms with Gasteiger partial charge in [-0.1, -0.05) is 23.8 Å². The minimum atomic E-state index is 0.575. The Labute approximate surface area is 188 Å². The lowest BCUT2D eigenvalue weighted by Crippen LogP contribution is -2.06. The molecule has 4 rings (SSSR count). The summed E-state index contributed by atoms with van der Waals surface area (Å²) >= 11 is 0. The van der Waals surface area contributed by atoms with E-state index in [1.807, 2.05) is 35.9 Å². The highest BCUT2D eigenvalue weighted by atomic mass is 16.5. The van der Waals surface area contributed by atoms with Crippen molar-refractivity contribution >= 4 is 11.6 Å². The normalized spacial score (nSPS) is 10.8. The molecule has 0 atom stereocenters. The van der Waals surface area contributed by atoms with Crippen LogP contribution in [-0.4, -0.2) is 34.0 Å². The highest BCUT2D eigenvalue weighted by Crippen LogP contribution is 2.29. The molecule has 2 heterocycles. The van der Waals surface area contributed by atoms with E-state index >= 15 is 0 Å². The van der Waals surface area contributed by atoms with Crippen molar-refractivity contribution in [3.05, 3.63) is 82.9 Å². The van der Waals surface area contributed by atoms with E-state index in [2.05, 4.69) is 48.4 Å². The minimum absolute atomic E-state index is 0.575. The fourth-order valence-corrected chi connectivity index (χ4v) is 3.47. The molecule has 0 radical (unpaired) electrons. The molecular weight excluding hydrogens is 402 g/mol. The topological polar surface area (TPSA) is 74.1 Å². The highest BCUT2D eigenvalue weighted by molar-refractivity contribution is 5.60. The molecule has 0 saturated carbocycles. The number of anilines is 2. The van der Waals surface area contributed by atoms with Gasteiger partial charge < -0.3 is 14.8 Å². The molecule has 2 aromatic heterocycles. The number of aryl methyl sites for hydroxylation is 2. The number of methoxy groups -OCH3 is 2. The third-order valence-corrected chi connectivity index (χ3v) is 5.40. The SMILES string of the molecule is COc1ccc(Cc2nccc(Nc3c(C)c(C)nn3-c3ccc(C)cc3)n2)cc1OC. The molecule has 32 heavy (non-hydrogen) atoms. The number of rotatable bonds is 7. The van der Waals surface area contributed by atoms with E-state index in [-0.39, 0.29) is 0 Å². The van der Waals surface area contributed by atoms with Crippen molar-refractivity contribution in [2.75, 3.05) is 19.5 Å². The first kappa shape index (κ1) is 21.4. The first-order valence-corrected chi connectivity index (χ1v) is 10.4. The molecular formula is C25H27N5O2. The molecule has 0 aliphatic heterocycles. The van der Waals surface area contributed by atoms with Crippen LogP contribution in [-0.2, 0) is 6.42 Å². The lowest BCUT2D eigenvalue weighted by atomic mass is 10.1. The average Bonchev–Trinajstić information content (AvgIpc) is 3.08. The standard InChI is InChI=1S/C25H27N5O2/c1-16-6-9-20(10-7-16)30-25(17(2)18(3)29-30)28-23-12-13-26-24(27-23)15-19-8-11-21(31-4)22(14-19)32-5/h6-14H,15H2,1-5H3,(H,26,27,28). The van der Waals surface area contributed by atoms with E-state index in [0.717, 1.165) is 28.3 Å². The van der Waals surface area contributed by atoms with Gasteiger partial charge in [0, 0.05) is 18.2 Å². The Morgan fingerprint density at radius 1 is 0.906 bits per heavy atom. The second-order valence-corrected chi connectivity index (χ2v) is 7.66. The van der Waals surface area contributed by atoms with Gasteiger partial charge in [-0.3, -0.25) is 0 Å². The van der Waals surface area contributed by atoms with Gasteiger partial charge in [0.05, 0.1) is 25.6 Å². The van der Waals surface area contributed by atoms with Crippen molar-refractivity contribution in [1.82, 2.24) is 19.7 Å². The van der Waals surface area contributed by atoms with Crippen LogP contribution in [0, 0.1) is 20.8 Å². The van der Waals surface area contributed by atoms with Crippen LogP contribution in [0.3, 0.4) is 0 Å². The quantitative estimate of drug-likeness (QED) is 0.449. The van der Waals surface area contributed by atoms with Gasteiger partial charge in [-0.25, -0.2) is 14.6 Å². The molecule has 7 nitrogen and oxygen atoms in total. The second kappa shape index (κ2) is 9.09. The van der Waals surface area contributed by atoms with Crippen LogP contribution in [0.5, 0.6) is 11.5 Å². The lowest BCUT2D eigenvalue weighted by molar-refractivity contribution is 0.354. The van der Waals surface area contributed by atoms with E-state index < -0.39 is 0 Å². The molecule has 0 aliphatic carbocycles. The summed E-state index contributed by atoms with van der Waals surface area (Å²) < 4.78 is 12.6. The molecule has 0 spiro atoms. The molecule has 0 saturated heterocycles. The van der Waals surface area contributed by atoms with Gasteiger partial charge in [0.15, 0.2) is 11.5 Å². The largest absolute Gasteiger partial charge is 0.493 e. The van der Waals surface area contributed by atoms with Crippen LogP contribution in [0.4, 0.5) is 11.6 Å². The Balaban J connectivity index is 1.61. The maximum atomic E-state index is 5.41. The summed E-state index contributed by atoms with van der Waals surface area (Å²) in [6.45, 7) is 6.14. The molecule has 0 fully saturated rings. The van der Waals surface area contributed by atoms with Crippen molar-refractivity contribution in [2.24, 2.45) is 0 Å². The predicted molar refractivity (Wildman–Crippen MR) is 125 cm³/mol. The number of nitrogens with one attached hydrogen (secondary N) is 1. The van der Waals surface area contributed by atoms with Crippen molar-refractivity contribution in [2.45, 2.75) is 27.2 Å². The fourth-order valence-electron chi connectivity index (χ4n) is 3.47. The molecule has 0 unspecified atom stereocenters. The molecule has 7 heteroatoms. The summed E-state index contributed by atoms with van der Waals surface area (Å²) in [5, 5.41) is 8.16. The van der Waals surface area contributed by atoms with Crippen LogP contribution in [0.1, 0.15) is 28.2 Å². The maximum Gasteiger partial charge on any atom is 0.161 e. The van der Waals surface area contributed by atoms with Gasteiger partial charge in [-0.15, -0.1) is 0 Å². The number of benzene rings is 2. The number of ether oxygens (including phenoxy) is 2. The van der Waals surface area contributed by atoms with Crippen molar-refractivity contribution in [1.29, 1.82) is 0 Å². The van der Waals surface area contributed by atoms with Crippen molar-refractivity contribution < 1.29 is 9.47 Å². The molecule has 1 N–H and O–H groups in total. The molecule has 0 aliphatic rings. The first-order chi connectivity index (χ1) is 15.5. The average molecular weight is 430 g/mol. The monoisotopic (exact) mass is 429 g/mol. The summed E-state index contributed by atoms with van der Waals surface area (Å²) in [6.07, 6.45) is 2.34. The highest BCUT2D eigenvalue weighted by Gasteiger charge is 2.14. The molecule has 164 valence electrons. The van der Waals surface area contributed by atoms with Crippen LogP contribution in [0.25, 0.3) is 5.69 Å². The number of hydrogen-bond acceptors (Lipinski definition) is 6. The van der Waals surface area contributed by atoms with Gasteiger partial charge in [0.25, 0.3) is 0 Å². The summed E-state index contributed by atoms with van der Waals surface area (Å²) in [6, 6.07) is 16.0. The Kier molecular flexibility index (Phi) is 6.07. The van der Waals surface area contributed by atoms with Gasteiger partial charge in [0.1, 0.15) is 17.5 Å². The van der Waals surface area contributed by atoms with Gasteiger partial charge in [0.2, 0.25) is 0 Å². The number of aromatic nitrogens is 4. The lowest BCUT2D eigenvalue weighted by Gasteiger charge is -2.12. The second-order valence-electron chi connectivity index (χ2n) is 7.66. The molecule has 4 aromatic rings. The van der Waals surface area contributed by atoms with Crippen molar-refractivity contribution in [3.8, 4) is 17.2 Å². The zero-order chi connectivity index (χ0) is 22.7. The third-order valence-electron chi connectivity index (χ3n) is 5.40. The Hall–Kier alpha value is -3.87. The van der Waals surface area contributed by atoms with Crippen LogP contribution < -0.4 is 14.8 Å². The zero-order valence-electron chi connectivity index (χ0n) is 19.0. The maximum absolute atomic E-state index is 5.41. The van der Waals surface area contributed by atoms with E-state index in [9.17, 15) is 0 Å². The predicted octanol–water partition coefficient (Wildman–Crippen LogP) is 4.94. The summed E-state index contributed by atoms with van der Waals surface area (Å²) in [5.74, 6) is 3.70. The Bertz CT molecular complexity index is 1230. The fraction of sp³-hybridized carbons (Fsp3) is 0.240. The molecule has 0 amide bonds.